The third-order valence-corrected chi connectivity index (χ3v) is 5.78. The third-order valence-electron chi connectivity index (χ3n) is 5.78. The Morgan fingerprint density at radius 1 is 1.18 bits per heavy atom. The van der Waals surface area contributed by atoms with E-state index in [9.17, 15) is 18.0 Å². The molecule has 2 saturated carbocycles. The molecule has 0 radical (unpaired) electrons. The van der Waals surface area contributed by atoms with E-state index in [1.165, 1.54) is 0 Å². The van der Waals surface area contributed by atoms with Crippen molar-refractivity contribution in [3.63, 3.8) is 0 Å². The molecule has 2 unspecified atom stereocenters. The monoisotopic (exact) mass is 518 g/mol. The summed E-state index contributed by atoms with van der Waals surface area (Å²) in [5.74, 6) is -0.638. The molecule has 0 spiro atoms. The van der Waals surface area contributed by atoms with Gasteiger partial charge in [-0.2, -0.15) is 13.2 Å². The molecule has 0 heterocycles. The van der Waals surface area contributed by atoms with Gasteiger partial charge in [-0.25, -0.2) is 0 Å². The summed E-state index contributed by atoms with van der Waals surface area (Å²) in [5, 5.41) is 6.31. The molecule has 2 fully saturated rings. The molecule has 0 bridgehead atoms. The van der Waals surface area contributed by atoms with Crippen molar-refractivity contribution in [1.29, 1.82) is 0 Å². The normalized spacial score (nSPS) is 25.0. The second kappa shape index (κ2) is 10.9. The van der Waals surface area contributed by atoms with Crippen molar-refractivity contribution < 1.29 is 18.0 Å². The maximum absolute atomic E-state index is 13.1. The second-order valence-electron chi connectivity index (χ2n) is 8.13. The highest BCUT2D eigenvalue weighted by molar-refractivity contribution is 14.0. The molecule has 164 valence electrons. The van der Waals surface area contributed by atoms with Crippen LogP contribution in [0.25, 0.3) is 0 Å². The summed E-state index contributed by atoms with van der Waals surface area (Å²) in [6.07, 6.45) is 1.05. The molecule has 2 N–H and O–H groups in total. The third kappa shape index (κ3) is 6.66. The molecule has 5 nitrogen and oxygen atoms in total. The Labute approximate surface area is 183 Å². The summed E-state index contributed by atoms with van der Waals surface area (Å²) in [7, 11) is 3.52. The van der Waals surface area contributed by atoms with Crippen molar-refractivity contribution >= 4 is 35.8 Å². The number of nitrogens with one attached hydrogen (secondary N) is 2. The summed E-state index contributed by atoms with van der Waals surface area (Å²) in [5.41, 5.74) is -0.479. The van der Waals surface area contributed by atoms with Gasteiger partial charge in [0.1, 0.15) is 0 Å². The van der Waals surface area contributed by atoms with Gasteiger partial charge >= 0.3 is 6.18 Å². The minimum absolute atomic E-state index is 0. The standard InChI is InChI=1S/C19H33F3N4O.HI/c1-4-23-17(25-15-9-7-8-14(12-15)19(20,21)22)24-13-18(10-5-6-11-18)16(27)26(2)3;/h14-15H,4-13H2,1-3H3,(H2,23,24,25);1H. The molecular weight excluding hydrogens is 484 g/mol. The van der Waals surface area contributed by atoms with E-state index in [0.717, 1.165) is 25.7 Å². The van der Waals surface area contributed by atoms with Gasteiger partial charge in [-0.05, 0) is 39.0 Å². The van der Waals surface area contributed by atoms with Gasteiger partial charge in [-0.15, -0.1) is 24.0 Å². The Kier molecular flexibility index (Phi) is 9.82. The predicted molar refractivity (Wildman–Crippen MR) is 116 cm³/mol. The molecule has 2 aliphatic rings. The lowest BCUT2D eigenvalue weighted by atomic mass is 9.84. The number of halogens is 4. The molecule has 0 aromatic carbocycles. The van der Waals surface area contributed by atoms with E-state index in [1.54, 1.807) is 19.0 Å². The summed E-state index contributed by atoms with van der Waals surface area (Å²) in [4.78, 5) is 18.9. The van der Waals surface area contributed by atoms with Crippen LogP contribution in [-0.4, -0.2) is 56.2 Å². The maximum atomic E-state index is 13.1. The molecule has 0 aromatic rings. The first-order valence-electron chi connectivity index (χ1n) is 10.0. The first-order chi connectivity index (χ1) is 12.7. The van der Waals surface area contributed by atoms with Crippen molar-refractivity contribution in [3.8, 4) is 0 Å². The molecule has 2 rings (SSSR count). The first-order valence-corrected chi connectivity index (χ1v) is 10.0. The van der Waals surface area contributed by atoms with Crippen molar-refractivity contribution in [1.82, 2.24) is 15.5 Å². The molecule has 9 heteroatoms. The van der Waals surface area contributed by atoms with E-state index in [-0.39, 0.29) is 48.8 Å². The Hall–Kier alpha value is -0.740. The van der Waals surface area contributed by atoms with Crippen LogP contribution in [-0.2, 0) is 4.79 Å². The fourth-order valence-corrected chi connectivity index (χ4v) is 4.33. The van der Waals surface area contributed by atoms with Crippen LogP contribution in [0, 0.1) is 11.3 Å². The van der Waals surface area contributed by atoms with Gasteiger partial charge in [0.2, 0.25) is 5.91 Å². The summed E-state index contributed by atoms with van der Waals surface area (Å²) >= 11 is 0. The molecule has 0 aromatic heterocycles. The van der Waals surface area contributed by atoms with Crippen molar-refractivity contribution in [3.05, 3.63) is 0 Å². The van der Waals surface area contributed by atoms with E-state index < -0.39 is 17.5 Å². The SMILES string of the molecule is CCNC(=NCC1(C(=O)N(C)C)CCCC1)NC1CCCC(C(F)(F)F)C1.I. The zero-order valence-corrected chi connectivity index (χ0v) is 19.4. The number of hydrogen-bond donors (Lipinski definition) is 2. The van der Waals surface area contributed by atoms with Crippen LogP contribution in [0.15, 0.2) is 4.99 Å². The lowest BCUT2D eigenvalue weighted by Gasteiger charge is -2.32. The highest BCUT2D eigenvalue weighted by Crippen LogP contribution is 2.40. The minimum atomic E-state index is -4.14. The first kappa shape index (κ1) is 25.3. The molecule has 0 aliphatic heterocycles. The van der Waals surface area contributed by atoms with E-state index in [1.807, 2.05) is 6.92 Å². The number of amides is 1. The smallest absolute Gasteiger partial charge is 0.357 e. The zero-order chi connectivity index (χ0) is 20.1. The average Bonchev–Trinajstić information content (AvgIpc) is 3.09. The van der Waals surface area contributed by atoms with Crippen LogP contribution in [0.2, 0.25) is 0 Å². The highest BCUT2D eigenvalue weighted by Gasteiger charge is 2.43. The second-order valence-corrected chi connectivity index (χ2v) is 8.13. The number of aliphatic imine (C=N–C) groups is 1. The van der Waals surface area contributed by atoms with Gasteiger partial charge in [0.15, 0.2) is 5.96 Å². The molecule has 2 aliphatic carbocycles. The highest BCUT2D eigenvalue weighted by atomic mass is 127. The average molecular weight is 518 g/mol. The van der Waals surface area contributed by atoms with Crippen LogP contribution in [0.3, 0.4) is 0 Å². The van der Waals surface area contributed by atoms with Gasteiger partial charge in [0.25, 0.3) is 0 Å². The molecule has 0 saturated heterocycles. The van der Waals surface area contributed by atoms with Crippen LogP contribution in [0.1, 0.15) is 58.3 Å². The fourth-order valence-electron chi connectivity index (χ4n) is 4.33. The number of rotatable bonds is 5. The largest absolute Gasteiger partial charge is 0.391 e. The van der Waals surface area contributed by atoms with Gasteiger partial charge < -0.3 is 15.5 Å². The maximum Gasteiger partial charge on any atom is 0.391 e. The Bertz CT molecular complexity index is 534. The van der Waals surface area contributed by atoms with Crippen molar-refractivity contribution in [2.45, 2.75) is 70.5 Å². The lowest BCUT2D eigenvalue weighted by molar-refractivity contribution is -0.183. The van der Waals surface area contributed by atoms with Gasteiger partial charge in [-0.1, -0.05) is 19.3 Å². The van der Waals surface area contributed by atoms with Gasteiger partial charge in [-0.3, -0.25) is 9.79 Å². The number of carbonyl (C=O) groups is 1. The van der Waals surface area contributed by atoms with Crippen LogP contribution >= 0.6 is 24.0 Å². The minimum Gasteiger partial charge on any atom is -0.357 e. The number of nitrogens with zero attached hydrogens (tertiary/aromatic N) is 2. The zero-order valence-electron chi connectivity index (χ0n) is 17.1. The van der Waals surface area contributed by atoms with Gasteiger partial charge in [0.05, 0.1) is 17.9 Å². The van der Waals surface area contributed by atoms with Crippen LogP contribution in [0.4, 0.5) is 13.2 Å². The van der Waals surface area contributed by atoms with Crippen LogP contribution < -0.4 is 10.6 Å². The lowest BCUT2D eigenvalue weighted by Crippen LogP contribution is -2.48. The van der Waals surface area contributed by atoms with E-state index in [0.29, 0.717) is 31.9 Å². The molecule has 2 atom stereocenters. The molecular formula is C19H34F3IN4O. The number of alkyl halides is 3. The predicted octanol–water partition coefficient (Wildman–Crippen LogP) is 3.93. The summed E-state index contributed by atoms with van der Waals surface area (Å²) in [6.45, 7) is 2.91. The quantitative estimate of drug-likeness (QED) is 0.330. The molecule has 1 amide bonds. The van der Waals surface area contributed by atoms with E-state index in [4.69, 9.17) is 0 Å². The number of guanidine groups is 1. The Balaban J connectivity index is 0.00000392. The van der Waals surface area contributed by atoms with Crippen LogP contribution in [0.5, 0.6) is 0 Å². The van der Waals surface area contributed by atoms with Crippen molar-refractivity contribution in [2.75, 3.05) is 27.2 Å². The Morgan fingerprint density at radius 2 is 1.82 bits per heavy atom. The van der Waals surface area contributed by atoms with Gasteiger partial charge in [0, 0.05) is 26.7 Å². The fraction of sp³-hybridized carbons (Fsp3) is 0.895. The van der Waals surface area contributed by atoms with E-state index in [2.05, 4.69) is 15.6 Å². The Morgan fingerprint density at radius 3 is 2.36 bits per heavy atom. The molecule has 28 heavy (non-hydrogen) atoms. The number of carbonyl (C=O) groups excluding carboxylic acids is 1. The van der Waals surface area contributed by atoms with Crippen molar-refractivity contribution in [2.24, 2.45) is 16.3 Å². The number of hydrogen-bond acceptors (Lipinski definition) is 2. The van der Waals surface area contributed by atoms with E-state index >= 15 is 0 Å². The topological polar surface area (TPSA) is 56.7 Å². The summed E-state index contributed by atoms with van der Waals surface area (Å²) < 4.78 is 39.2. The summed E-state index contributed by atoms with van der Waals surface area (Å²) in [6, 6.07) is -0.243.